The van der Waals surface area contributed by atoms with E-state index in [1.165, 1.54) is 4.31 Å². The van der Waals surface area contributed by atoms with E-state index in [2.05, 4.69) is 0 Å². The van der Waals surface area contributed by atoms with Gasteiger partial charge in [-0.1, -0.05) is 41.4 Å². The summed E-state index contributed by atoms with van der Waals surface area (Å²) >= 11 is 6.04. The van der Waals surface area contributed by atoms with E-state index in [0.717, 1.165) is 5.56 Å². The van der Waals surface area contributed by atoms with Crippen LogP contribution in [0.1, 0.15) is 18.4 Å². The van der Waals surface area contributed by atoms with Gasteiger partial charge in [-0.2, -0.15) is 4.31 Å². The zero-order valence-electron chi connectivity index (χ0n) is 16.4. The minimum atomic E-state index is -3.52. The van der Waals surface area contributed by atoms with Gasteiger partial charge in [0.1, 0.15) is 5.75 Å². The van der Waals surface area contributed by atoms with Crippen molar-refractivity contribution in [3.8, 4) is 5.75 Å². The van der Waals surface area contributed by atoms with Crippen molar-refractivity contribution in [1.29, 1.82) is 0 Å². The highest BCUT2D eigenvalue weighted by Crippen LogP contribution is 2.23. The van der Waals surface area contributed by atoms with Crippen molar-refractivity contribution >= 4 is 27.5 Å². The lowest BCUT2D eigenvalue weighted by molar-refractivity contribution is -0.132. The number of para-hydroxylation sites is 1. The molecule has 8 heteroatoms. The first-order chi connectivity index (χ1) is 13.9. The van der Waals surface area contributed by atoms with Crippen LogP contribution >= 0.6 is 11.6 Å². The van der Waals surface area contributed by atoms with Crippen molar-refractivity contribution in [3.63, 3.8) is 0 Å². The quantitative estimate of drug-likeness (QED) is 0.624. The Morgan fingerprint density at radius 3 is 2.34 bits per heavy atom. The van der Waals surface area contributed by atoms with Crippen LogP contribution in [0.15, 0.2) is 53.4 Å². The number of sulfonamides is 1. The maximum Gasteiger partial charge on any atom is 0.243 e. The van der Waals surface area contributed by atoms with Gasteiger partial charge >= 0.3 is 0 Å². The number of benzene rings is 2. The molecule has 0 aliphatic carbocycles. The summed E-state index contributed by atoms with van der Waals surface area (Å²) in [6.45, 7) is 3.72. The summed E-state index contributed by atoms with van der Waals surface area (Å²) in [5, 5.41) is 0.546. The van der Waals surface area contributed by atoms with Crippen LogP contribution in [-0.2, 0) is 14.8 Å². The van der Waals surface area contributed by atoms with Crippen LogP contribution < -0.4 is 4.74 Å². The standard InChI is InChI=1S/C21H25ClN2O4S/c1-17-8-10-18(11-9-17)29(26,27)24-14-12-23(13-15-24)21(25)7-4-16-28-20-6-3-2-5-19(20)22/h2-3,5-6,8-11H,4,7,12-16H2,1H3. The second-order valence-corrected chi connectivity index (χ2v) is 9.33. The van der Waals surface area contributed by atoms with Gasteiger partial charge in [0.05, 0.1) is 16.5 Å². The third-order valence-electron chi connectivity index (χ3n) is 4.88. The van der Waals surface area contributed by atoms with Crippen LogP contribution in [0.4, 0.5) is 0 Å². The van der Waals surface area contributed by atoms with Crippen molar-refractivity contribution in [3.05, 3.63) is 59.1 Å². The van der Waals surface area contributed by atoms with E-state index in [1.807, 2.05) is 19.1 Å². The molecule has 1 saturated heterocycles. The Labute approximate surface area is 177 Å². The van der Waals surface area contributed by atoms with E-state index in [4.69, 9.17) is 16.3 Å². The molecule has 1 aliphatic rings. The van der Waals surface area contributed by atoms with Crippen molar-refractivity contribution in [1.82, 2.24) is 9.21 Å². The van der Waals surface area contributed by atoms with Crippen LogP contribution in [0.25, 0.3) is 0 Å². The maximum absolute atomic E-state index is 12.7. The third kappa shape index (κ3) is 5.50. The SMILES string of the molecule is Cc1ccc(S(=O)(=O)N2CCN(C(=O)CCCOc3ccccc3Cl)CC2)cc1. The topological polar surface area (TPSA) is 66.9 Å². The Balaban J connectivity index is 1.44. The van der Waals surface area contributed by atoms with Gasteiger partial charge in [0.25, 0.3) is 0 Å². The normalized spacial score (nSPS) is 15.3. The van der Waals surface area contributed by atoms with Crippen LogP contribution in [0.2, 0.25) is 5.02 Å². The Morgan fingerprint density at radius 2 is 1.69 bits per heavy atom. The van der Waals surface area contributed by atoms with Crippen LogP contribution in [-0.4, -0.2) is 56.3 Å². The predicted octanol–water partition coefficient (Wildman–Crippen LogP) is 3.34. The summed E-state index contributed by atoms with van der Waals surface area (Å²) in [5.41, 5.74) is 1.01. The summed E-state index contributed by atoms with van der Waals surface area (Å²) in [6, 6.07) is 14.1. The molecular weight excluding hydrogens is 412 g/mol. The van der Waals surface area contributed by atoms with Crippen molar-refractivity contribution in [2.24, 2.45) is 0 Å². The Kier molecular flexibility index (Phi) is 7.16. The number of carbonyl (C=O) groups excluding carboxylic acids is 1. The van der Waals surface area contributed by atoms with Crippen molar-refractivity contribution in [2.45, 2.75) is 24.7 Å². The first-order valence-electron chi connectivity index (χ1n) is 9.60. The molecule has 0 N–H and O–H groups in total. The summed E-state index contributed by atoms with van der Waals surface area (Å²) < 4.78 is 32.5. The largest absolute Gasteiger partial charge is 0.492 e. The molecule has 1 amide bonds. The first-order valence-corrected chi connectivity index (χ1v) is 11.4. The molecule has 0 radical (unpaired) electrons. The molecule has 0 atom stereocenters. The Bertz CT molecular complexity index is 939. The van der Waals surface area contributed by atoms with E-state index in [1.54, 1.807) is 41.3 Å². The van der Waals surface area contributed by atoms with E-state index in [-0.39, 0.29) is 5.91 Å². The second kappa shape index (κ2) is 9.61. The Hall–Kier alpha value is -2.09. The summed E-state index contributed by atoms with van der Waals surface area (Å²) in [7, 11) is -3.52. The number of aryl methyl sites for hydroxylation is 1. The van der Waals surface area contributed by atoms with E-state index in [9.17, 15) is 13.2 Å². The molecule has 6 nitrogen and oxygen atoms in total. The number of ether oxygens (including phenoxy) is 1. The fourth-order valence-electron chi connectivity index (χ4n) is 3.16. The number of carbonyl (C=O) groups is 1. The average molecular weight is 437 g/mol. The summed E-state index contributed by atoms with van der Waals surface area (Å²) in [6.07, 6.45) is 0.932. The lowest BCUT2D eigenvalue weighted by atomic mass is 10.2. The van der Waals surface area contributed by atoms with Gasteiger partial charge in [-0.05, 0) is 37.6 Å². The number of hydrogen-bond donors (Lipinski definition) is 0. The maximum atomic E-state index is 12.7. The van der Waals surface area contributed by atoms with Gasteiger partial charge in [-0.25, -0.2) is 8.42 Å². The predicted molar refractivity (Wildman–Crippen MR) is 113 cm³/mol. The molecule has 0 spiro atoms. The zero-order valence-corrected chi connectivity index (χ0v) is 18.0. The second-order valence-electron chi connectivity index (χ2n) is 6.98. The molecule has 156 valence electrons. The number of piperazine rings is 1. The van der Waals surface area contributed by atoms with E-state index >= 15 is 0 Å². The molecule has 2 aromatic rings. The van der Waals surface area contributed by atoms with E-state index in [0.29, 0.717) is 61.3 Å². The van der Waals surface area contributed by atoms with Crippen molar-refractivity contribution in [2.75, 3.05) is 32.8 Å². The molecule has 0 bridgehead atoms. The number of rotatable bonds is 7. The highest BCUT2D eigenvalue weighted by molar-refractivity contribution is 7.89. The number of hydrogen-bond acceptors (Lipinski definition) is 4. The smallest absolute Gasteiger partial charge is 0.243 e. The minimum Gasteiger partial charge on any atom is -0.492 e. The van der Waals surface area contributed by atoms with Gasteiger partial charge < -0.3 is 9.64 Å². The van der Waals surface area contributed by atoms with Gasteiger partial charge in [-0.3, -0.25) is 4.79 Å². The fraction of sp³-hybridized carbons (Fsp3) is 0.381. The van der Waals surface area contributed by atoms with Crippen LogP contribution in [0.5, 0.6) is 5.75 Å². The van der Waals surface area contributed by atoms with Crippen LogP contribution in [0, 0.1) is 6.92 Å². The number of amides is 1. The molecule has 3 rings (SSSR count). The van der Waals surface area contributed by atoms with Gasteiger partial charge in [0.15, 0.2) is 0 Å². The highest BCUT2D eigenvalue weighted by Gasteiger charge is 2.29. The summed E-state index contributed by atoms with van der Waals surface area (Å²) in [4.78, 5) is 14.4. The van der Waals surface area contributed by atoms with Gasteiger partial charge in [-0.15, -0.1) is 0 Å². The third-order valence-corrected chi connectivity index (χ3v) is 7.10. The average Bonchev–Trinajstić information content (AvgIpc) is 2.72. The number of halogens is 1. The monoisotopic (exact) mass is 436 g/mol. The van der Waals surface area contributed by atoms with E-state index < -0.39 is 10.0 Å². The lowest BCUT2D eigenvalue weighted by Crippen LogP contribution is -2.50. The minimum absolute atomic E-state index is 0.0140. The molecule has 2 aromatic carbocycles. The zero-order chi connectivity index (χ0) is 20.9. The molecule has 0 unspecified atom stereocenters. The number of nitrogens with zero attached hydrogens (tertiary/aromatic N) is 2. The van der Waals surface area contributed by atoms with Crippen LogP contribution in [0.3, 0.4) is 0 Å². The fourth-order valence-corrected chi connectivity index (χ4v) is 4.78. The van der Waals surface area contributed by atoms with Gasteiger partial charge in [0, 0.05) is 32.6 Å². The lowest BCUT2D eigenvalue weighted by Gasteiger charge is -2.34. The first kappa shape index (κ1) is 21.6. The van der Waals surface area contributed by atoms with Gasteiger partial charge in [0.2, 0.25) is 15.9 Å². The molecule has 1 aliphatic heterocycles. The molecule has 29 heavy (non-hydrogen) atoms. The Morgan fingerprint density at radius 1 is 1.03 bits per heavy atom. The molecule has 0 saturated carbocycles. The molecule has 1 heterocycles. The summed E-state index contributed by atoms with van der Waals surface area (Å²) in [5.74, 6) is 0.622. The molecule has 1 fully saturated rings. The van der Waals surface area contributed by atoms with Crippen molar-refractivity contribution < 1.29 is 17.9 Å². The highest BCUT2D eigenvalue weighted by atomic mass is 35.5. The molecule has 0 aromatic heterocycles. The molecular formula is C21H25ClN2O4S.